The fourth-order valence-corrected chi connectivity index (χ4v) is 6.15. The Kier molecular flexibility index (Phi) is 5.73. The van der Waals surface area contributed by atoms with Gasteiger partial charge in [0, 0.05) is 22.7 Å². The van der Waals surface area contributed by atoms with Crippen LogP contribution in [0.1, 0.15) is 93.4 Å². The van der Waals surface area contributed by atoms with Crippen molar-refractivity contribution < 1.29 is 19.1 Å². The number of ketones is 2. The van der Waals surface area contributed by atoms with Gasteiger partial charge in [-0.15, -0.1) is 0 Å². The van der Waals surface area contributed by atoms with Gasteiger partial charge in [-0.05, 0) is 84.5 Å². The molecular formula is C26H36N2O4. The molecule has 1 spiro atoms. The zero-order chi connectivity index (χ0) is 23.3. The number of carbonyl (C=O) groups excluding carboxylic acids is 3. The summed E-state index contributed by atoms with van der Waals surface area (Å²) in [7, 11) is 0. The number of nitrogens with one attached hydrogen (secondary N) is 1. The third-order valence-electron chi connectivity index (χ3n) is 7.73. The highest BCUT2D eigenvalue weighted by atomic mass is 16.6. The minimum Gasteiger partial charge on any atom is -0.444 e. The largest absolute Gasteiger partial charge is 0.444 e. The van der Waals surface area contributed by atoms with Crippen LogP contribution in [0.4, 0.5) is 4.79 Å². The molecule has 32 heavy (non-hydrogen) atoms. The van der Waals surface area contributed by atoms with Crippen molar-refractivity contribution >= 4 is 17.7 Å². The van der Waals surface area contributed by atoms with E-state index in [0.29, 0.717) is 36.3 Å². The van der Waals surface area contributed by atoms with Crippen molar-refractivity contribution in [2.24, 2.45) is 23.0 Å². The molecule has 0 bridgehead atoms. The first kappa shape index (κ1) is 23.0. The van der Waals surface area contributed by atoms with Crippen molar-refractivity contribution in [2.45, 2.75) is 89.8 Å². The van der Waals surface area contributed by atoms with Crippen molar-refractivity contribution in [3.8, 4) is 0 Å². The van der Waals surface area contributed by atoms with Gasteiger partial charge in [0.15, 0.2) is 11.6 Å². The van der Waals surface area contributed by atoms with E-state index < -0.39 is 17.1 Å². The van der Waals surface area contributed by atoms with Gasteiger partial charge in [-0.25, -0.2) is 4.79 Å². The van der Waals surface area contributed by atoms with Gasteiger partial charge in [0.2, 0.25) is 0 Å². The molecule has 1 aromatic carbocycles. The second kappa shape index (κ2) is 7.98. The van der Waals surface area contributed by atoms with Gasteiger partial charge >= 0.3 is 6.09 Å². The molecular weight excluding hydrogens is 404 g/mol. The number of carbonyl (C=O) groups is 3. The smallest absolute Gasteiger partial charge is 0.407 e. The summed E-state index contributed by atoms with van der Waals surface area (Å²) in [6.07, 6.45) is 4.89. The molecule has 6 heteroatoms. The molecule has 6 nitrogen and oxygen atoms in total. The molecule has 0 heterocycles. The second-order valence-corrected chi connectivity index (χ2v) is 11.4. The normalized spacial score (nSPS) is 30.3. The Labute approximate surface area is 190 Å². The maximum atomic E-state index is 13.2. The zero-order valence-corrected chi connectivity index (χ0v) is 19.7. The first-order valence-electron chi connectivity index (χ1n) is 11.9. The first-order chi connectivity index (χ1) is 14.9. The van der Waals surface area contributed by atoms with Gasteiger partial charge in [-0.1, -0.05) is 24.3 Å². The van der Waals surface area contributed by atoms with Crippen LogP contribution in [0.15, 0.2) is 24.3 Å². The number of amides is 1. The van der Waals surface area contributed by atoms with Crippen LogP contribution >= 0.6 is 0 Å². The highest BCUT2D eigenvalue weighted by Gasteiger charge is 2.55. The van der Waals surface area contributed by atoms with E-state index in [2.05, 4.69) is 5.32 Å². The zero-order valence-electron chi connectivity index (χ0n) is 19.7. The van der Waals surface area contributed by atoms with Crippen molar-refractivity contribution in [2.75, 3.05) is 0 Å². The Morgan fingerprint density at radius 3 is 2.12 bits per heavy atom. The fourth-order valence-electron chi connectivity index (χ4n) is 6.15. The number of hydrogen-bond acceptors (Lipinski definition) is 5. The lowest BCUT2D eigenvalue weighted by Crippen LogP contribution is -2.55. The Morgan fingerprint density at radius 2 is 1.59 bits per heavy atom. The van der Waals surface area contributed by atoms with E-state index in [9.17, 15) is 14.4 Å². The van der Waals surface area contributed by atoms with Gasteiger partial charge in [-0.2, -0.15) is 0 Å². The maximum absolute atomic E-state index is 13.2. The quantitative estimate of drug-likeness (QED) is 0.652. The van der Waals surface area contributed by atoms with Crippen LogP contribution in [0, 0.1) is 17.3 Å². The molecule has 0 aliphatic heterocycles. The van der Waals surface area contributed by atoms with Gasteiger partial charge in [0.25, 0.3) is 0 Å². The minimum absolute atomic E-state index is 0.00171. The lowest BCUT2D eigenvalue weighted by molar-refractivity contribution is 0.0345. The van der Waals surface area contributed by atoms with Crippen LogP contribution in [0.2, 0.25) is 0 Å². The van der Waals surface area contributed by atoms with Gasteiger partial charge < -0.3 is 15.8 Å². The standard InChI is InChI=1S/C26H36N2O4/c1-24(2,3)32-23(31)28-20-15-25(4,27)12-11-17(20)16-9-13-26(14-10-16)21(29)18-7-5-6-8-19(18)22(26)30/h5-8,16-17,20H,9-15,27H2,1-4H3,(H,28,31). The van der Waals surface area contributed by atoms with Crippen LogP contribution < -0.4 is 11.1 Å². The highest BCUT2D eigenvalue weighted by molar-refractivity contribution is 6.29. The Hall–Kier alpha value is -2.21. The van der Waals surface area contributed by atoms with Crippen molar-refractivity contribution in [1.82, 2.24) is 5.32 Å². The SMILES string of the molecule is CC1(N)CCC(C2CCC3(CC2)C(=O)c2ccccc2C3=O)C(NC(=O)OC(C)(C)C)C1. The molecule has 174 valence electrons. The molecule has 3 aliphatic carbocycles. The van der Waals surface area contributed by atoms with E-state index in [1.807, 2.05) is 39.8 Å². The van der Waals surface area contributed by atoms with Gasteiger partial charge in [-0.3, -0.25) is 9.59 Å². The molecule has 0 aromatic heterocycles. The molecule has 2 fully saturated rings. The predicted molar refractivity (Wildman–Crippen MR) is 123 cm³/mol. The van der Waals surface area contributed by atoms with Crippen LogP contribution in [-0.2, 0) is 4.74 Å². The first-order valence-corrected chi connectivity index (χ1v) is 11.9. The number of fused-ring (bicyclic) bond motifs is 1. The molecule has 0 saturated heterocycles. The number of alkyl carbamates (subject to hydrolysis) is 1. The topological polar surface area (TPSA) is 98.5 Å². The number of ether oxygens (including phenoxy) is 1. The summed E-state index contributed by atoms with van der Waals surface area (Å²) in [5.41, 5.74) is 5.85. The summed E-state index contributed by atoms with van der Waals surface area (Å²) in [4.78, 5) is 38.9. The van der Waals surface area contributed by atoms with E-state index in [0.717, 1.165) is 25.7 Å². The van der Waals surface area contributed by atoms with E-state index in [4.69, 9.17) is 10.5 Å². The molecule has 1 aromatic rings. The molecule has 0 radical (unpaired) electrons. The molecule has 1 amide bonds. The molecule has 4 rings (SSSR count). The summed E-state index contributed by atoms with van der Waals surface area (Å²) >= 11 is 0. The number of Topliss-reactive ketones (excluding diaryl/α,β-unsaturated/α-hetero) is 2. The van der Waals surface area contributed by atoms with Crippen LogP contribution in [0.3, 0.4) is 0 Å². The second-order valence-electron chi connectivity index (χ2n) is 11.4. The number of rotatable bonds is 2. The Balaban J connectivity index is 1.47. The number of benzene rings is 1. The van der Waals surface area contributed by atoms with Gasteiger partial charge in [0.05, 0.1) is 5.41 Å². The number of hydrogen-bond donors (Lipinski definition) is 2. The van der Waals surface area contributed by atoms with Crippen LogP contribution in [0.25, 0.3) is 0 Å². The summed E-state index contributed by atoms with van der Waals surface area (Å²) in [6.45, 7) is 7.60. The third-order valence-corrected chi connectivity index (χ3v) is 7.73. The molecule has 2 saturated carbocycles. The van der Waals surface area contributed by atoms with Crippen molar-refractivity contribution in [3.05, 3.63) is 35.4 Å². The maximum Gasteiger partial charge on any atom is 0.407 e. The average Bonchev–Trinajstić information content (AvgIpc) is 2.90. The van der Waals surface area contributed by atoms with E-state index >= 15 is 0 Å². The minimum atomic E-state index is -0.884. The summed E-state index contributed by atoms with van der Waals surface area (Å²) in [5.74, 6) is 0.614. The Bertz CT molecular complexity index is 885. The Morgan fingerprint density at radius 1 is 1.03 bits per heavy atom. The van der Waals surface area contributed by atoms with Crippen molar-refractivity contribution in [1.29, 1.82) is 0 Å². The molecule has 3 N–H and O–H groups in total. The molecule has 3 atom stereocenters. The summed E-state index contributed by atoms with van der Waals surface area (Å²) in [6, 6.07) is 7.14. The van der Waals surface area contributed by atoms with E-state index in [1.165, 1.54) is 0 Å². The fraction of sp³-hybridized carbons (Fsp3) is 0.654. The summed E-state index contributed by atoms with van der Waals surface area (Å²) < 4.78 is 5.50. The highest BCUT2D eigenvalue weighted by Crippen LogP contribution is 2.51. The molecule has 3 unspecified atom stereocenters. The summed E-state index contributed by atoms with van der Waals surface area (Å²) in [5, 5.41) is 3.10. The van der Waals surface area contributed by atoms with E-state index in [1.54, 1.807) is 12.1 Å². The average molecular weight is 441 g/mol. The monoisotopic (exact) mass is 440 g/mol. The molecule has 3 aliphatic rings. The number of nitrogens with two attached hydrogens (primary N) is 1. The van der Waals surface area contributed by atoms with Crippen LogP contribution in [-0.4, -0.2) is 34.8 Å². The van der Waals surface area contributed by atoms with Crippen molar-refractivity contribution in [3.63, 3.8) is 0 Å². The predicted octanol–water partition coefficient (Wildman–Crippen LogP) is 4.65. The third kappa shape index (κ3) is 4.21. The van der Waals surface area contributed by atoms with Gasteiger partial charge in [0.1, 0.15) is 5.60 Å². The van der Waals surface area contributed by atoms with Crippen LogP contribution in [0.5, 0.6) is 0 Å². The lowest BCUT2D eigenvalue weighted by atomic mass is 9.61. The van der Waals surface area contributed by atoms with E-state index in [-0.39, 0.29) is 29.1 Å². The lowest BCUT2D eigenvalue weighted by Gasteiger charge is -2.46.